The molecule has 0 bridgehead atoms. The van der Waals surface area contributed by atoms with Crippen molar-refractivity contribution >= 4 is 21.6 Å². The summed E-state index contributed by atoms with van der Waals surface area (Å²) in [5.74, 6) is -0.749. The van der Waals surface area contributed by atoms with E-state index in [9.17, 15) is 17.6 Å². The SMILES string of the molecule is CCC(C(=O)NCc1ccc(F)cc1)N(c1cc(C)cc(C)c1)S(C)(=O)=O. The van der Waals surface area contributed by atoms with Crippen LogP contribution in [0.25, 0.3) is 0 Å². The molecule has 1 unspecified atom stereocenters. The van der Waals surface area contributed by atoms with Crippen LogP contribution < -0.4 is 9.62 Å². The van der Waals surface area contributed by atoms with E-state index in [2.05, 4.69) is 5.32 Å². The van der Waals surface area contributed by atoms with E-state index in [0.717, 1.165) is 22.9 Å². The molecule has 7 heteroatoms. The van der Waals surface area contributed by atoms with Crippen molar-refractivity contribution in [3.05, 3.63) is 65.0 Å². The van der Waals surface area contributed by atoms with Crippen LogP contribution in [0, 0.1) is 19.7 Å². The number of rotatable bonds is 7. The van der Waals surface area contributed by atoms with E-state index in [1.807, 2.05) is 19.9 Å². The van der Waals surface area contributed by atoms with Gasteiger partial charge < -0.3 is 5.32 Å². The quantitative estimate of drug-likeness (QED) is 0.786. The average Bonchev–Trinajstić information content (AvgIpc) is 2.56. The Morgan fingerprint density at radius 1 is 1.11 bits per heavy atom. The summed E-state index contributed by atoms with van der Waals surface area (Å²) in [6.45, 7) is 5.72. The summed E-state index contributed by atoms with van der Waals surface area (Å²) in [4.78, 5) is 12.8. The van der Waals surface area contributed by atoms with Gasteiger partial charge in [-0.05, 0) is 61.2 Å². The van der Waals surface area contributed by atoms with Gasteiger partial charge in [0.1, 0.15) is 11.9 Å². The summed E-state index contributed by atoms with van der Waals surface area (Å²) in [6.07, 6.45) is 1.41. The lowest BCUT2D eigenvalue weighted by Gasteiger charge is -2.30. The van der Waals surface area contributed by atoms with E-state index in [1.54, 1.807) is 31.2 Å². The van der Waals surface area contributed by atoms with Crippen molar-refractivity contribution in [3.63, 3.8) is 0 Å². The Balaban J connectivity index is 2.28. The summed E-state index contributed by atoms with van der Waals surface area (Å²) >= 11 is 0. The van der Waals surface area contributed by atoms with E-state index in [1.165, 1.54) is 16.4 Å². The van der Waals surface area contributed by atoms with E-state index in [0.29, 0.717) is 12.1 Å². The maximum atomic E-state index is 13.0. The van der Waals surface area contributed by atoms with Crippen molar-refractivity contribution in [3.8, 4) is 0 Å². The number of carbonyl (C=O) groups is 1. The predicted molar refractivity (Wildman–Crippen MR) is 106 cm³/mol. The molecule has 0 radical (unpaired) electrons. The molecule has 146 valence electrons. The summed E-state index contributed by atoms with van der Waals surface area (Å²) in [5.41, 5.74) is 3.04. The van der Waals surface area contributed by atoms with Gasteiger partial charge in [-0.25, -0.2) is 12.8 Å². The number of halogens is 1. The number of hydrogen-bond acceptors (Lipinski definition) is 3. The number of nitrogens with zero attached hydrogens (tertiary/aromatic N) is 1. The second kappa shape index (κ2) is 8.52. The smallest absolute Gasteiger partial charge is 0.244 e. The number of anilines is 1. The largest absolute Gasteiger partial charge is 0.350 e. The third kappa shape index (κ3) is 5.53. The molecule has 2 rings (SSSR count). The fraction of sp³-hybridized carbons (Fsp3) is 0.350. The number of aryl methyl sites for hydroxylation is 2. The van der Waals surface area contributed by atoms with Crippen molar-refractivity contribution in [2.45, 2.75) is 39.8 Å². The Kier molecular flexibility index (Phi) is 6.59. The molecule has 0 heterocycles. The van der Waals surface area contributed by atoms with Gasteiger partial charge in [0.15, 0.2) is 0 Å². The Morgan fingerprint density at radius 2 is 1.67 bits per heavy atom. The van der Waals surface area contributed by atoms with Crippen LogP contribution in [0.4, 0.5) is 10.1 Å². The van der Waals surface area contributed by atoms with E-state index < -0.39 is 22.0 Å². The third-order valence-electron chi connectivity index (χ3n) is 4.17. The molecule has 0 spiro atoms. The highest BCUT2D eigenvalue weighted by Gasteiger charge is 2.31. The second-order valence-electron chi connectivity index (χ2n) is 6.67. The van der Waals surface area contributed by atoms with Gasteiger partial charge in [-0.1, -0.05) is 25.1 Å². The van der Waals surface area contributed by atoms with Crippen molar-refractivity contribution < 1.29 is 17.6 Å². The van der Waals surface area contributed by atoms with E-state index >= 15 is 0 Å². The topological polar surface area (TPSA) is 66.5 Å². The lowest BCUT2D eigenvalue weighted by molar-refractivity contribution is -0.122. The monoisotopic (exact) mass is 392 g/mol. The molecule has 0 aliphatic rings. The van der Waals surface area contributed by atoms with Gasteiger partial charge in [-0.15, -0.1) is 0 Å². The number of sulfonamides is 1. The molecule has 0 aliphatic carbocycles. The Bertz CT molecular complexity index is 891. The summed E-state index contributed by atoms with van der Waals surface area (Å²) in [5, 5.41) is 2.75. The molecule has 1 atom stereocenters. The molecule has 0 aliphatic heterocycles. The fourth-order valence-corrected chi connectivity index (χ4v) is 4.24. The summed E-state index contributed by atoms with van der Waals surface area (Å²) in [6, 6.07) is 10.4. The third-order valence-corrected chi connectivity index (χ3v) is 5.35. The average molecular weight is 392 g/mol. The number of benzene rings is 2. The molecule has 0 aromatic heterocycles. The van der Waals surface area contributed by atoms with Crippen LogP contribution in [0.3, 0.4) is 0 Å². The van der Waals surface area contributed by atoms with Gasteiger partial charge >= 0.3 is 0 Å². The van der Waals surface area contributed by atoms with Crippen molar-refractivity contribution in [1.82, 2.24) is 5.32 Å². The van der Waals surface area contributed by atoms with Crippen LogP contribution in [-0.4, -0.2) is 26.6 Å². The van der Waals surface area contributed by atoms with E-state index in [4.69, 9.17) is 0 Å². The summed E-state index contributed by atoms with van der Waals surface area (Å²) in [7, 11) is -3.67. The minimum Gasteiger partial charge on any atom is -0.350 e. The molecule has 0 fully saturated rings. The summed E-state index contributed by atoms with van der Waals surface area (Å²) < 4.78 is 39.1. The zero-order valence-electron chi connectivity index (χ0n) is 16.0. The molecule has 2 aromatic rings. The van der Waals surface area contributed by atoms with Crippen LogP contribution in [0.15, 0.2) is 42.5 Å². The maximum Gasteiger partial charge on any atom is 0.244 e. The molecular weight excluding hydrogens is 367 g/mol. The Labute approximate surface area is 160 Å². The first kappa shape index (κ1) is 20.9. The maximum absolute atomic E-state index is 13.0. The molecule has 0 saturated heterocycles. The van der Waals surface area contributed by atoms with Gasteiger partial charge in [0.05, 0.1) is 11.9 Å². The van der Waals surface area contributed by atoms with Crippen LogP contribution in [0.1, 0.15) is 30.0 Å². The molecule has 0 saturated carbocycles. The van der Waals surface area contributed by atoms with Crippen LogP contribution in [-0.2, 0) is 21.4 Å². The Morgan fingerprint density at radius 3 is 2.15 bits per heavy atom. The second-order valence-corrected chi connectivity index (χ2v) is 8.53. The van der Waals surface area contributed by atoms with Gasteiger partial charge in [-0.2, -0.15) is 0 Å². The highest BCUT2D eigenvalue weighted by molar-refractivity contribution is 7.92. The molecule has 1 N–H and O–H groups in total. The fourth-order valence-electron chi connectivity index (χ4n) is 3.05. The Hall–Kier alpha value is -2.41. The minimum atomic E-state index is -3.67. The molecular formula is C20H25FN2O3S. The van der Waals surface area contributed by atoms with Crippen LogP contribution in [0.5, 0.6) is 0 Å². The zero-order valence-corrected chi connectivity index (χ0v) is 16.8. The first-order valence-electron chi connectivity index (χ1n) is 8.71. The van der Waals surface area contributed by atoms with Gasteiger partial charge in [-0.3, -0.25) is 9.10 Å². The standard InChI is InChI=1S/C20H25FN2O3S/c1-5-19(20(24)22-13-16-6-8-17(21)9-7-16)23(27(4,25)26)18-11-14(2)10-15(3)12-18/h6-12,19H,5,13H2,1-4H3,(H,22,24). The lowest BCUT2D eigenvalue weighted by atomic mass is 10.1. The van der Waals surface area contributed by atoms with Crippen molar-refractivity contribution in [2.24, 2.45) is 0 Å². The van der Waals surface area contributed by atoms with Gasteiger partial charge in [0, 0.05) is 6.54 Å². The number of carbonyl (C=O) groups excluding carboxylic acids is 1. The van der Waals surface area contributed by atoms with E-state index in [-0.39, 0.29) is 12.4 Å². The molecule has 27 heavy (non-hydrogen) atoms. The highest BCUT2D eigenvalue weighted by Crippen LogP contribution is 2.25. The first-order chi connectivity index (χ1) is 12.6. The molecule has 5 nitrogen and oxygen atoms in total. The van der Waals surface area contributed by atoms with Crippen LogP contribution in [0.2, 0.25) is 0 Å². The normalized spacial score (nSPS) is 12.5. The van der Waals surface area contributed by atoms with Gasteiger partial charge in [0.25, 0.3) is 0 Å². The predicted octanol–water partition coefficient (Wildman–Crippen LogP) is 3.30. The highest BCUT2D eigenvalue weighted by atomic mass is 32.2. The number of amides is 1. The minimum absolute atomic E-state index is 0.195. The lowest BCUT2D eigenvalue weighted by Crippen LogP contribution is -2.49. The first-order valence-corrected chi connectivity index (χ1v) is 10.6. The van der Waals surface area contributed by atoms with Crippen molar-refractivity contribution in [1.29, 1.82) is 0 Å². The van der Waals surface area contributed by atoms with Gasteiger partial charge in [0.2, 0.25) is 15.9 Å². The zero-order chi connectivity index (χ0) is 20.2. The van der Waals surface area contributed by atoms with Crippen molar-refractivity contribution in [2.75, 3.05) is 10.6 Å². The molecule has 1 amide bonds. The number of hydrogen-bond donors (Lipinski definition) is 1. The van der Waals surface area contributed by atoms with Crippen LogP contribution >= 0.6 is 0 Å². The molecule has 2 aromatic carbocycles. The number of nitrogens with one attached hydrogen (secondary N) is 1.